The Morgan fingerprint density at radius 3 is 2.08 bits per heavy atom. The molecule has 142 valence electrons. The van der Waals surface area contributed by atoms with Crippen LogP contribution in [-0.2, 0) is 10.0 Å². The van der Waals surface area contributed by atoms with Gasteiger partial charge in [0.2, 0.25) is 16.0 Å². The van der Waals surface area contributed by atoms with Crippen LogP contribution in [0.15, 0.2) is 24.3 Å². The smallest absolute Gasteiger partial charge is 0.239 e. The van der Waals surface area contributed by atoms with Gasteiger partial charge in [-0.2, -0.15) is 0 Å². The summed E-state index contributed by atoms with van der Waals surface area (Å²) < 4.78 is 37.7. The molecule has 1 aromatic heterocycles. The fourth-order valence-corrected chi connectivity index (χ4v) is 2.53. The average Bonchev–Trinajstić information content (AvgIpc) is 2.61. The van der Waals surface area contributed by atoms with Crippen LogP contribution in [0.1, 0.15) is 49.7 Å². The zero-order chi connectivity index (χ0) is 20.1. The Bertz CT molecular complexity index is 866. The van der Waals surface area contributed by atoms with E-state index in [1.807, 2.05) is 27.7 Å². The molecule has 8 heteroatoms. The number of hydrogen-bond donors (Lipinski definition) is 0. The van der Waals surface area contributed by atoms with Crippen LogP contribution >= 0.6 is 0 Å². The van der Waals surface area contributed by atoms with Crippen molar-refractivity contribution in [3.63, 3.8) is 0 Å². The molecule has 0 amide bonds. The summed E-state index contributed by atoms with van der Waals surface area (Å²) in [6.07, 6.45) is 1.68. The molecule has 0 atom stereocenters. The number of aldehydes is 1. The molecule has 6 nitrogen and oxygen atoms in total. The maximum absolute atomic E-state index is 13.2. The molecule has 2 rings (SSSR count). The van der Waals surface area contributed by atoms with E-state index in [9.17, 15) is 17.6 Å². The summed E-state index contributed by atoms with van der Waals surface area (Å²) in [6, 6.07) is 5.47. The predicted octanol–water partition coefficient (Wildman–Crippen LogP) is 3.64. The van der Waals surface area contributed by atoms with Crippen molar-refractivity contribution in [2.24, 2.45) is 0 Å². The highest BCUT2D eigenvalue weighted by Crippen LogP contribution is 2.29. The van der Waals surface area contributed by atoms with Crippen molar-refractivity contribution in [1.29, 1.82) is 0 Å². The Balaban J connectivity index is 0.00000163. The lowest BCUT2D eigenvalue weighted by Crippen LogP contribution is -2.27. The van der Waals surface area contributed by atoms with Crippen molar-refractivity contribution >= 4 is 22.3 Å². The van der Waals surface area contributed by atoms with Crippen molar-refractivity contribution in [3.05, 3.63) is 41.3 Å². The largest absolute Gasteiger partial charge is 0.298 e. The molecule has 0 aliphatic carbocycles. The van der Waals surface area contributed by atoms with Gasteiger partial charge >= 0.3 is 0 Å². The summed E-state index contributed by atoms with van der Waals surface area (Å²) in [4.78, 5) is 20.1. The number of rotatable bonds is 5. The second-order valence-electron chi connectivity index (χ2n) is 5.68. The minimum absolute atomic E-state index is 0.0360. The van der Waals surface area contributed by atoms with Gasteiger partial charge in [0.15, 0.2) is 6.29 Å². The van der Waals surface area contributed by atoms with Crippen LogP contribution < -0.4 is 4.31 Å². The Morgan fingerprint density at radius 2 is 1.65 bits per heavy atom. The monoisotopic (exact) mass is 381 g/mol. The van der Waals surface area contributed by atoms with Gasteiger partial charge < -0.3 is 0 Å². The van der Waals surface area contributed by atoms with Gasteiger partial charge in [-0.3, -0.25) is 4.79 Å². The lowest BCUT2D eigenvalue weighted by molar-refractivity contribution is 0.112. The molecule has 0 bridgehead atoms. The third-order valence-electron chi connectivity index (χ3n) is 3.52. The summed E-state index contributed by atoms with van der Waals surface area (Å²) in [5, 5.41) is 0. The van der Waals surface area contributed by atoms with E-state index >= 15 is 0 Å². The summed E-state index contributed by atoms with van der Waals surface area (Å²) in [5.74, 6) is -0.580. The van der Waals surface area contributed by atoms with Crippen LogP contribution in [0.4, 0.5) is 10.3 Å². The molecule has 1 heterocycles. The van der Waals surface area contributed by atoms with Crippen LogP contribution in [0.2, 0.25) is 0 Å². The first-order chi connectivity index (χ1) is 12.1. The molecular formula is C18H24FN3O3S. The van der Waals surface area contributed by atoms with Gasteiger partial charge in [0.25, 0.3) is 0 Å². The molecule has 1 aromatic carbocycles. The number of sulfonamides is 1. The van der Waals surface area contributed by atoms with Gasteiger partial charge in [0, 0.05) is 12.6 Å². The Morgan fingerprint density at radius 1 is 1.12 bits per heavy atom. The topological polar surface area (TPSA) is 80.2 Å². The number of nitrogens with zero attached hydrogens (tertiary/aromatic N) is 3. The standard InChI is InChI=1S/C16H18FN3O3S.C2H6/c1-10(2)14-13(9-21)15(11-5-7-12(17)8-6-11)19-16(18-14)20(3)24(4,22)23;1-2/h5-10H,1-4H3;1-2H3. The van der Waals surface area contributed by atoms with E-state index in [0.717, 1.165) is 10.6 Å². The van der Waals surface area contributed by atoms with Crippen LogP contribution in [0.25, 0.3) is 11.3 Å². The lowest BCUT2D eigenvalue weighted by atomic mass is 9.99. The minimum atomic E-state index is -3.56. The zero-order valence-corrected chi connectivity index (χ0v) is 16.6. The molecule has 0 spiro atoms. The molecule has 2 aromatic rings. The van der Waals surface area contributed by atoms with Gasteiger partial charge in [0.1, 0.15) is 5.82 Å². The maximum Gasteiger partial charge on any atom is 0.239 e. The summed E-state index contributed by atoms with van der Waals surface area (Å²) in [5.41, 5.74) is 1.48. The van der Waals surface area contributed by atoms with E-state index in [1.54, 1.807) is 0 Å². The number of halogens is 1. The number of aromatic nitrogens is 2. The fourth-order valence-electron chi connectivity index (χ4n) is 2.15. The number of benzene rings is 1. The molecule has 0 aliphatic heterocycles. The van der Waals surface area contributed by atoms with E-state index in [0.29, 0.717) is 17.5 Å². The molecular weight excluding hydrogens is 357 g/mol. The second-order valence-corrected chi connectivity index (χ2v) is 7.69. The van der Waals surface area contributed by atoms with Gasteiger partial charge in [0.05, 0.1) is 23.2 Å². The minimum Gasteiger partial charge on any atom is -0.298 e. The van der Waals surface area contributed by atoms with Gasteiger partial charge in [-0.1, -0.05) is 27.7 Å². The Labute approximate surface area is 154 Å². The highest BCUT2D eigenvalue weighted by molar-refractivity contribution is 7.92. The normalized spacial score (nSPS) is 10.9. The third kappa shape index (κ3) is 4.85. The van der Waals surface area contributed by atoms with Crippen molar-refractivity contribution in [2.75, 3.05) is 17.6 Å². The maximum atomic E-state index is 13.2. The molecule has 0 unspecified atom stereocenters. The van der Waals surface area contributed by atoms with Crippen LogP contribution in [0, 0.1) is 5.82 Å². The van der Waals surface area contributed by atoms with E-state index in [-0.39, 0.29) is 23.1 Å². The summed E-state index contributed by atoms with van der Waals surface area (Å²) in [7, 11) is -2.23. The highest BCUT2D eigenvalue weighted by Gasteiger charge is 2.22. The SMILES string of the molecule is CC.CC(C)c1nc(N(C)S(C)(=O)=O)nc(-c2ccc(F)cc2)c1C=O. The first kappa shape index (κ1) is 21.7. The second kappa shape index (κ2) is 8.84. The van der Waals surface area contributed by atoms with Crippen LogP contribution in [0.3, 0.4) is 0 Å². The third-order valence-corrected chi connectivity index (χ3v) is 4.68. The first-order valence-electron chi connectivity index (χ1n) is 8.22. The number of carbonyl (C=O) groups is 1. The van der Waals surface area contributed by atoms with Gasteiger partial charge in [-0.05, 0) is 30.2 Å². The summed E-state index contributed by atoms with van der Waals surface area (Å²) >= 11 is 0. The van der Waals surface area contributed by atoms with Crippen molar-refractivity contribution < 1.29 is 17.6 Å². The Kier molecular flexibility index (Phi) is 7.38. The molecule has 0 N–H and O–H groups in total. The quantitative estimate of drug-likeness (QED) is 0.739. The lowest BCUT2D eigenvalue weighted by Gasteiger charge is -2.19. The van der Waals surface area contributed by atoms with E-state index in [4.69, 9.17) is 0 Å². The van der Waals surface area contributed by atoms with Gasteiger partial charge in [-0.25, -0.2) is 27.1 Å². The highest BCUT2D eigenvalue weighted by atomic mass is 32.2. The van der Waals surface area contributed by atoms with Crippen molar-refractivity contribution in [2.45, 2.75) is 33.6 Å². The molecule has 0 fully saturated rings. The Hall–Kier alpha value is -2.35. The molecule has 0 aliphatic rings. The molecule has 0 radical (unpaired) electrons. The van der Waals surface area contributed by atoms with E-state index in [2.05, 4.69) is 9.97 Å². The average molecular weight is 381 g/mol. The van der Waals surface area contributed by atoms with Crippen LogP contribution in [0.5, 0.6) is 0 Å². The zero-order valence-electron chi connectivity index (χ0n) is 15.8. The van der Waals surface area contributed by atoms with E-state index in [1.165, 1.54) is 31.3 Å². The number of anilines is 1. The molecule has 0 saturated heterocycles. The van der Waals surface area contributed by atoms with E-state index < -0.39 is 15.8 Å². The van der Waals surface area contributed by atoms with Crippen molar-refractivity contribution in [1.82, 2.24) is 9.97 Å². The fraction of sp³-hybridized carbons (Fsp3) is 0.389. The van der Waals surface area contributed by atoms with Gasteiger partial charge in [-0.15, -0.1) is 0 Å². The molecule has 26 heavy (non-hydrogen) atoms. The summed E-state index contributed by atoms with van der Waals surface area (Å²) in [6.45, 7) is 7.68. The van der Waals surface area contributed by atoms with Crippen molar-refractivity contribution in [3.8, 4) is 11.3 Å². The van der Waals surface area contributed by atoms with Crippen LogP contribution in [-0.4, -0.2) is 38.0 Å². The number of carbonyl (C=O) groups excluding carboxylic acids is 1. The molecule has 0 saturated carbocycles. The number of hydrogen-bond acceptors (Lipinski definition) is 5. The predicted molar refractivity (Wildman–Crippen MR) is 101 cm³/mol. The first-order valence-corrected chi connectivity index (χ1v) is 10.1.